The highest BCUT2D eigenvalue weighted by molar-refractivity contribution is 14.1. The largest absolute Gasteiger partial charge is 0.493 e. The fourth-order valence-electron chi connectivity index (χ4n) is 3.17. The Balaban J connectivity index is 1.72. The van der Waals surface area contributed by atoms with Gasteiger partial charge in [-0.1, -0.05) is 0 Å². The maximum atomic E-state index is 12.7. The summed E-state index contributed by atoms with van der Waals surface area (Å²) in [6, 6.07) is 6.34. The van der Waals surface area contributed by atoms with Crippen molar-refractivity contribution in [1.29, 1.82) is 0 Å². The number of rotatable bonds is 2. The zero-order chi connectivity index (χ0) is 17.7. The molecule has 0 N–H and O–H groups in total. The monoisotopic (exact) mass is 470 g/mol. The van der Waals surface area contributed by atoms with Crippen molar-refractivity contribution in [2.75, 3.05) is 17.6 Å². The Morgan fingerprint density at radius 1 is 1.36 bits per heavy atom. The molecule has 2 aliphatic heterocycles. The van der Waals surface area contributed by atoms with Gasteiger partial charge in [0.05, 0.1) is 19.2 Å². The fraction of sp³-hybridized carbons (Fsp3) is 0.412. The number of aryl methyl sites for hydroxylation is 1. The first kappa shape index (κ1) is 17.0. The summed E-state index contributed by atoms with van der Waals surface area (Å²) in [7, 11) is 0. The first-order valence-electron chi connectivity index (χ1n) is 8.24. The number of ether oxygens (including phenoxy) is 1. The van der Waals surface area contributed by atoms with E-state index in [1.807, 2.05) is 25.2 Å². The Morgan fingerprint density at radius 3 is 2.88 bits per heavy atom. The van der Waals surface area contributed by atoms with Crippen molar-refractivity contribution in [2.45, 2.75) is 33.2 Å². The summed E-state index contributed by atoms with van der Waals surface area (Å²) in [6.45, 7) is 7.15. The second kappa shape index (κ2) is 6.39. The van der Waals surface area contributed by atoms with Crippen LogP contribution >= 0.6 is 34.5 Å². The molecule has 0 radical (unpaired) electrons. The van der Waals surface area contributed by atoms with E-state index < -0.39 is 0 Å². The van der Waals surface area contributed by atoms with E-state index in [1.54, 1.807) is 21.3 Å². The lowest BCUT2D eigenvalue weighted by Gasteiger charge is -2.19. The zero-order valence-corrected chi connectivity index (χ0v) is 17.3. The normalized spacial score (nSPS) is 16.8. The van der Waals surface area contributed by atoms with Crippen LogP contribution in [0, 0.1) is 10.5 Å². The summed E-state index contributed by atoms with van der Waals surface area (Å²) in [6.07, 6.45) is 0.855. The van der Waals surface area contributed by atoms with Crippen molar-refractivity contribution < 1.29 is 4.74 Å². The molecule has 0 atom stereocenters. The van der Waals surface area contributed by atoms with Gasteiger partial charge >= 0.3 is 5.69 Å². The number of nitrogens with zero attached hydrogens (tertiary/aromatic N) is 4. The molecule has 2 aromatic rings. The van der Waals surface area contributed by atoms with Gasteiger partial charge in [0.15, 0.2) is 5.82 Å². The Hall–Kier alpha value is -1.42. The second-order valence-electron chi connectivity index (χ2n) is 6.42. The molecule has 0 saturated heterocycles. The third-order valence-corrected chi connectivity index (χ3v) is 6.19. The van der Waals surface area contributed by atoms with Gasteiger partial charge in [0.2, 0.25) is 0 Å². The van der Waals surface area contributed by atoms with Crippen LogP contribution < -0.4 is 14.8 Å². The Kier molecular flexibility index (Phi) is 4.35. The second-order valence-corrected chi connectivity index (χ2v) is 8.76. The van der Waals surface area contributed by atoms with E-state index in [4.69, 9.17) is 4.74 Å². The van der Waals surface area contributed by atoms with Crippen molar-refractivity contribution in [3.63, 3.8) is 0 Å². The molecule has 3 heterocycles. The van der Waals surface area contributed by atoms with Gasteiger partial charge in [-0.2, -0.15) is 9.77 Å². The molecule has 8 heteroatoms. The molecule has 4 rings (SSSR count). The van der Waals surface area contributed by atoms with Gasteiger partial charge in [0.1, 0.15) is 5.75 Å². The van der Waals surface area contributed by atoms with Crippen LogP contribution in [0.1, 0.15) is 37.7 Å². The number of hydrogen-bond donors (Lipinski definition) is 0. The van der Waals surface area contributed by atoms with Crippen molar-refractivity contribution in [2.24, 2.45) is 0 Å². The van der Waals surface area contributed by atoms with Gasteiger partial charge in [-0.3, -0.25) is 0 Å². The average Bonchev–Trinajstić information content (AvgIpc) is 3.03. The number of aromatic nitrogens is 3. The first-order chi connectivity index (χ1) is 12.0. The molecule has 0 saturated carbocycles. The molecule has 1 aromatic heterocycles. The predicted octanol–water partition coefficient (Wildman–Crippen LogP) is 3.33. The summed E-state index contributed by atoms with van der Waals surface area (Å²) < 4.78 is 12.3. The van der Waals surface area contributed by atoms with Crippen molar-refractivity contribution in [1.82, 2.24) is 14.5 Å². The van der Waals surface area contributed by atoms with E-state index in [2.05, 4.69) is 45.9 Å². The molecule has 0 bridgehead atoms. The van der Waals surface area contributed by atoms with Crippen molar-refractivity contribution in [3.8, 4) is 5.75 Å². The molecule has 25 heavy (non-hydrogen) atoms. The predicted molar refractivity (Wildman–Crippen MR) is 108 cm³/mol. The molecular formula is C17H19IN4O2S. The summed E-state index contributed by atoms with van der Waals surface area (Å²) >= 11 is 3.92. The zero-order valence-electron chi connectivity index (χ0n) is 14.3. The van der Waals surface area contributed by atoms with Crippen molar-refractivity contribution in [3.05, 3.63) is 48.5 Å². The standard InChI is InChI=1S/C17H19IN4O2S/c1-10(2)21-17(23)22(11(3)19-21)20-9-14-13-5-4-12(18)8-15(13)24-7-6-16(14)25-20/h4-5,8,10H,6-7,9H2,1-3H3. The highest BCUT2D eigenvalue weighted by Crippen LogP contribution is 2.43. The van der Waals surface area contributed by atoms with Crippen LogP contribution in [-0.4, -0.2) is 27.6 Å². The molecule has 132 valence electrons. The van der Waals surface area contributed by atoms with Crippen LogP contribution in [0.25, 0.3) is 5.57 Å². The molecular weight excluding hydrogens is 451 g/mol. The van der Waals surface area contributed by atoms with Gasteiger partial charge in [-0.15, -0.1) is 0 Å². The van der Waals surface area contributed by atoms with Crippen LogP contribution in [0.3, 0.4) is 0 Å². The van der Waals surface area contributed by atoms with Crippen LogP contribution in [-0.2, 0) is 0 Å². The molecule has 0 aliphatic carbocycles. The van der Waals surface area contributed by atoms with Gasteiger partial charge in [0.25, 0.3) is 0 Å². The average molecular weight is 470 g/mol. The minimum Gasteiger partial charge on any atom is -0.493 e. The fourth-order valence-corrected chi connectivity index (χ4v) is 4.81. The Labute approximate surface area is 164 Å². The number of fused-ring (bicyclic) bond motifs is 2. The lowest BCUT2D eigenvalue weighted by Crippen LogP contribution is -2.38. The van der Waals surface area contributed by atoms with Gasteiger partial charge in [-0.05, 0) is 67.1 Å². The molecule has 0 fully saturated rings. The molecule has 0 amide bonds. The highest BCUT2D eigenvalue weighted by atomic mass is 127. The first-order valence-corrected chi connectivity index (χ1v) is 10.1. The lowest BCUT2D eigenvalue weighted by molar-refractivity contribution is 0.325. The van der Waals surface area contributed by atoms with Crippen LogP contribution in [0.15, 0.2) is 27.9 Å². The molecule has 0 spiro atoms. The summed E-state index contributed by atoms with van der Waals surface area (Å²) in [5.41, 5.74) is 2.29. The summed E-state index contributed by atoms with van der Waals surface area (Å²) in [5.74, 6) is 1.64. The quantitative estimate of drug-likeness (QED) is 0.498. The molecule has 2 aliphatic rings. The van der Waals surface area contributed by atoms with E-state index >= 15 is 0 Å². The number of halogens is 1. The molecule has 6 nitrogen and oxygen atoms in total. The minimum atomic E-state index is -0.0863. The summed E-state index contributed by atoms with van der Waals surface area (Å²) in [4.78, 5) is 14.0. The van der Waals surface area contributed by atoms with Gasteiger partial charge in [-0.25, -0.2) is 13.9 Å². The summed E-state index contributed by atoms with van der Waals surface area (Å²) in [5, 5.41) is 4.41. The maximum absolute atomic E-state index is 12.7. The topological polar surface area (TPSA) is 52.3 Å². The maximum Gasteiger partial charge on any atom is 0.365 e. The van der Waals surface area contributed by atoms with E-state index in [0.717, 1.165) is 21.3 Å². The van der Waals surface area contributed by atoms with E-state index in [1.165, 1.54) is 10.5 Å². The van der Waals surface area contributed by atoms with E-state index in [9.17, 15) is 4.79 Å². The third-order valence-electron chi connectivity index (χ3n) is 4.35. The van der Waals surface area contributed by atoms with Gasteiger partial charge in [0, 0.05) is 32.4 Å². The minimum absolute atomic E-state index is 0.0436. The number of hydrogen-bond acceptors (Lipinski definition) is 5. The molecule has 0 unspecified atom stereocenters. The Bertz CT molecular complexity index is 931. The molecule has 1 aromatic carbocycles. The highest BCUT2D eigenvalue weighted by Gasteiger charge is 2.31. The smallest absolute Gasteiger partial charge is 0.365 e. The van der Waals surface area contributed by atoms with E-state index in [0.29, 0.717) is 19.0 Å². The number of benzene rings is 1. The lowest BCUT2D eigenvalue weighted by atomic mass is 10.0. The van der Waals surface area contributed by atoms with Crippen molar-refractivity contribution >= 4 is 40.1 Å². The van der Waals surface area contributed by atoms with Gasteiger partial charge < -0.3 is 4.74 Å². The van der Waals surface area contributed by atoms with E-state index in [-0.39, 0.29) is 11.7 Å². The SMILES string of the molecule is Cc1nn(C(C)C)c(=O)n1N1CC2=C(CCOc3cc(I)ccc32)S1. The third kappa shape index (κ3) is 2.88. The van der Waals surface area contributed by atoms with Crippen LogP contribution in [0.4, 0.5) is 0 Å². The van der Waals surface area contributed by atoms with Crippen LogP contribution in [0.5, 0.6) is 5.75 Å². The Morgan fingerprint density at radius 2 is 2.16 bits per heavy atom. The van der Waals surface area contributed by atoms with Crippen LogP contribution in [0.2, 0.25) is 0 Å².